The lowest BCUT2D eigenvalue weighted by Gasteiger charge is -2.18. The van der Waals surface area contributed by atoms with E-state index in [1.165, 1.54) is 4.90 Å². The maximum absolute atomic E-state index is 12.2. The Kier molecular flexibility index (Phi) is 7.75. The second kappa shape index (κ2) is 10.3. The van der Waals surface area contributed by atoms with Crippen molar-refractivity contribution in [3.8, 4) is 0 Å². The zero-order chi connectivity index (χ0) is 20.5. The van der Waals surface area contributed by atoms with E-state index in [2.05, 4.69) is 10.6 Å². The third-order valence-corrected chi connectivity index (χ3v) is 4.42. The van der Waals surface area contributed by atoms with E-state index in [-0.39, 0.29) is 43.7 Å². The fourth-order valence-corrected chi connectivity index (χ4v) is 2.84. The van der Waals surface area contributed by atoms with Crippen molar-refractivity contribution in [1.82, 2.24) is 10.2 Å². The van der Waals surface area contributed by atoms with Crippen LogP contribution in [-0.4, -0.2) is 42.8 Å². The molecule has 2 aromatic rings. The predicted molar refractivity (Wildman–Crippen MR) is 110 cm³/mol. The van der Waals surface area contributed by atoms with E-state index in [4.69, 9.17) is 0 Å². The molecule has 6 nitrogen and oxygen atoms in total. The number of hydrogen-bond donors (Lipinski definition) is 2. The number of anilines is 1. The average molecular weight is 381 g/mol. The molecular formula is C22H27N3O3. The van der Waals surface area contributed by atoms with Gasteiger partial charge in [0.05, 0.1) is 13.0 Å². The highest BCUT2D eigenvalue weighted by molar-refractivity contribution is 5.95. The van der Waals surface area contributed by atoms with E-state index in [0.717, 1.165) is 22.4 Å². The number of nitrogens with zero attached hydrogens (tertiary/aromatic N) is 1. The Labute approximate surface area is 165 Å². The van der Waals surface area contributed by atoms with Gasteiger partial charge in [0.2, 0.25) is 17.7 Å². The third kappa shape index (κ3) is 6.54. The van der Waals surface area contributed by atoms with Crippen LogP contribution in [0.15, 0.2) is 48.5 Å². The Morgan fingerprint density at radius 1 is 0.893 bits per heavy atom. The molecule has 0 fully saturated rings. The van der Waals surface area contributed by atoms with Gasteiger partial charge in [0.25, 0.3) is 0 Å². The summed E-state index contributed by atoms with van der Waals surface area (Å²) < 4.78 is 0. The molecular weight excluding hydrogens is 354 g/mol. The molecule has 0 aliphatic rings. The summed E-state index contributed by atoms with van der Waals surface area (Å²) in [4.78, 5) is 37.7. The van der Waals surface area contributed by atoms with E-state index in [0.29, 0.717) is 0 Å². The monoisotopic (exact) mass is 381 g/mol. The fourth-order valence-electron chi connectivity index (χ4n) is 2.84. The zero-order valence-electron chi connectivity index (χ0n) is 16.6. The van der Waals surface area contributed by atoms with E-state index >= 15 is 0 Å². The van der Waals surface area contributed by atoms with Crippen LogP contribution in [0.3, 0.4) is 0 Å². The fraction of sp³-hybridized carbons (Fsp3) is 0.318. The first-order valence-corrected chi connectivity index (χ1v) is 9.27. The van der Waals surface area contributed by atoms with Crippen molar-refractivity contribution < 1.29 is 14.4 Å². The summed E-state index contributed by atoms with van der Waals surface area (Å²) in [5.74, 6) is -0.576. The Bertz CT molecular complexity index is 814. The van der Waals surface area contributed by atoms with Crippen LogP contribution in [-0.2, 0) is 20.8 Å². The number of benzene rings is 2. The first kappa shape index (κ1) is 21.2. The van der Waals surface area contributed by atoms with Crippen LogP contribution < -0.4 is 10.6 Å². The minimum atomic E-state index is -0.249. The minimum Gasteiger partial charge on any atom is -0.355 e. The zero-order valence-corrected chi connectivity index (χ0v) is 16.6. The normalized spacial score (nSPS) is 10.2. The Morgan fingerprint density at radius 2 is 1.54 bits per heavy atom. The van der Waals surface area contributed by atoms with Crippen LogP contribution in [0.4, 0.5) is 5.69 Å². The molecule has 0 saturated heterocycles. The summed E-state index contributed by atoms with van der Waals surface area (Å²) in [6.07, 6.45) is 0.427. The topological polar surface area (TPSA) is 78.5 Å². The average Bonchev–Trinajstić information content (AvgIpc) is 2.65. The van der Waals surface area contributed by atoms with E-state index < -0.39 is 0 Å². The largest absolute Gasteiger partial charge is 0.355 e. The summed E-state index contributed by atoms with van der Waals surface area (Å²) in [7, 11) is 1.58. The van der Waals surface area contributed by atoms with Gasteiger partial charge >= 0.3 is 0 Å². The second-order valence-corrected chi connectivity index (χ2v) is 6.83. The third-order valence-electron chi connectivity index (χ3n) is 4.42. The van der Waals surface area contributed by atoms with Crippen molar-refractivity contribution in [2.24, 2.45) is 0 Å². The number of likely N-dealkylation sites (N-methyl/N-ethyl adjacent to an activating group) is 1. The maximum Gasteiger partial charge on any atom is 0.243 e. The van der Waals surface area contributed by atoms with Gasteiger partial charge in [-0.3, -0.25) is 14.4 Å². The lowest BCUT2D eigenvalue weighted by Crippen LogP contribution is -2.37. The molecule has 0 heterocycles. The summed E-state index contributed by atoms with van der Waals surface area (Å²) in [6, 6.07) is 15.2. The molecule has 148 valence electrons. The van der Waals surface area contributed by atoms with Gasteiger partial charge in [0.15, 0.2) is 0 Å². The number of hydrogen-bond acceptors (Lipinski definition) is 3. The molecule has 2 N–H and O–H groups in total. The van der Waals surface area contributed by atoms with Crippen LogP contribution in [0, 0.1) is 13.8 Å². The molecule has 0 radical (unpaired) electrons. The van der Waals surface area contributed by atoms with Crippen LogP contribution >= 0.6 is 0 Å². The molecule has 0 aliphatic carbocycles. The number of carbonyl (C=O) groups is 3. The Morgan fingerprint density at radius 3 is 2.18 bits per heavy atom. The molecule has 0 spiro atoms. The second-order valence-electron chi connectivity index (χ2n) is 6.83. The van der Waals surface area contributed by atoms with Crippen molar-refractivity contribution in [2.75, 3.05) is 25.5 Å². The van der Waals surface area contributed by atoms with E-state index in [1.54, 1.807) is 7.05 Å². The number of aryl methyl sites for hydroxylation is 2. The van der Waals surface area contributed by atoms with Gasteiger partial charge in [-0.25, -0.2) is 0 Å². The molecule has 0 unspecified atom stereocenters. The van der Waals surface area contributed by atoms with Crippen molar-refractivity contribution >= 4 is 23.4 Å². The highest BCUT2D eigenvalue weighted by atomic mass is 16.2. The lowest BCUT2D eigenvalue weighted by molar-refractivity contribution is -0.133. The highest BCUT2D eigenvalue weighted by Crippen LogP contribution is 2.19. The van der Waals surface area contributed by atoms with Crippen molar-refractivity contribution in [2.45, 2.75) is 26.7 Å². The first-order chi connectivity index (χ1) is 13.4. The summed E-state index contributed by atoms with van der Waals surface area (Å²) in [6.45, 7) is 4.06. The lowest BCUT2D eigenvalue weighted by atomic mass is 10.1. The number of amides is 3. The van der Waals surface area contributed by atoms with Crippen molar-refractivity contribution in [3.05, 3.63) is 65.2 Å². The first-order valence-electron chi connectivity index (χ1n) is 9.27. The van der Waals surface area contributed by atoms with Crippen molar-refractivity contribution in [1.29, 1.82) is 0 Å². The number of carbonyl (C=O) groups excluding carboxylic acids is 3. The number of nitrogens with one attached hydrogen (secondary N) is 2. The summed E-state index contributed by atoms with van der Waals surface area (Å²) in [5.41, 5.74) is 3.65. The SMILES string of the molecule is Cc1cccc(C)c1NC(=O)CN(C)C(=O)CCNC(=O)Cc1ccccc1. The quantitative estimate of drug-likeness (QED) is 0.737. The molecule has 0 saturated carbocycles. The van der Waals surface area contributed by atoms with Gasteiger partial charge in [-0.05, 0) is 30.5 Å². The molecule has 0 atom stereocenters. The molecule has 6 heteroatoms. The maximum atomic E-state index is 12.2. The molecule has 0 aromatic heterocycles. The molecule has 2 aromatic carbocycles. The van der Waals surface area contributed by atoms with Gasteiger partial charge in [-0.2, -0.15) is 0 Å². The molecule has 2 rings (SSSR count). The molecule has 28 heavy (non-hydrogen) atoms. The predicted octanol–water partition coefficient (Wildman–Crippen LogP) is 2.45. The summed E-state index contributed by atoms with van der Waals surface area (Å²) in [5, 5.41) is 5.60. The molecule has 0 bridgehead atoms. The molecule has 3 amide bonds. The smallest absolute Gasteiger partial charge is 0.243 e. The summed E-state index contributed by atoms with van der Waals surface area (Å²) >= 11 is 0. The van der Waals surface area contributed by atoms with Crippen LogP contribution in [0.1, 0.15) is 23.1 Å². The van der Waals surface area contributed by atoms with Gasteiger partial charge in [-0.1, -0.05) is 48.5 Å². The highest BCUT2D eigenvalue weighted by Gasteiger charge is 2.14. The van der Waals surface area contributed by atoms with Crippen LogP contribution in [0.5, 0.6) is 0 Å². The Balaban J connectivity index is 1.73. The molecule has 0 aliphatic heterocycles. The standard InChI is InChI=1S/C22H27N3O3/c1-16-8-7-9-17(2)22(16)24-20(27)15-25(3)21(28)12-13-23-19(26)14-18-10-5-4-6-11-18/h4-11H,12-15H2,1-3H3,(H,23,26)(H,24,27). The number of para-hydroxylation sites is 1. The van der Waals surface area contributed by atoms with E-state index in [1.807, 2.05) is 62.4 Å². The van der Waals surface area contributed by atoms with Gasteiger partial charge < -0.3 is 15.5 Å². The Hall–Kier alpha value is -3.15. The van der Waals surface area contributed by atoms with Gasteiger partial charge in [0.1, 0.15) is 0 Å². The van der Waals surface area contributed by atoms with Crippen LogP contribution in [0.25, 0.3) is 0 Å². The van der Waals surface area contributed by atoms with Crippen LogP contribution in [0.2, 0.25) is 0 Å². The van der Waals surface area contributed by atoms with E-state index in [9.17, 15) is 14.4 Å². The number of rotatable bonds is 8. The van der Waals surface area contributed by atoms with Gasteiger partial charge in [-0.15, -0.1) is 0 Å². The van der Waals surface area contributed by atoms with Crippen molar-refractivity contribution in [3.63, 3.8) is 0 Å². The minimum absolute atomic E-state index is 0.0371. The van der Waals surface area contributed by atoms with Gasteiger partial charge in [0, 0.05) is 25.7 Å².